The molecule has 2 rings (SSSR count). The van der Waals surface area contributed by atoms with Crippen LogP contribution in [0.2, 0.25) is 0 Å². The summed E-state index contributed by atoms with van der Waals surface area (Å²) in [4.78, 5) is 70.8. The second-order valence-corrected chi connectivity index (χ2v) is 16.9. The molecule has 306 valence electrons. The van der Waals surface area contributed by atoms with Crippen molar-refractivity contribution in [1.29, 1.82) is 0 Å². The average Bonchev–Trinajstić information content (AvgIpc) is 3.59. The topological polar surface area (TPSA) is 180 Å². The number of carbonyl (C=O) groups is 5. The van der Waals surface area contributed by atoms with Crippen molar-refractivity contribution < 1.29 is 34.2 Å². The Morgan fingerprint density at radius 2 is 1.48 bits per heavy atom. The van der Waals surface area contributed by atoms with Gasteiger partial charge < -0.3 is 41.3 Å². The lowest BCUT2D eigenvalue weighted by atomic mass is 9.89. The van der Waals surface area contributed by atoms with Gasteiger partial charge in [0.2, 0.25) is 29.5 Å². The van der Waals surface area contributed by atoms with Crippen LogP contribution in [0.4, 0.5) is 0 Å². The third-order valence-corrected chi connectivity index (χ3v) is 10.6. The summed E-state index contributed by atoms with van der Waals surface area (Å²) in [6, 6.07) is 5.74. The molecule has 1 aliphatic heterocycles. The van der Waals surface area contributed by atoms with Crippen molar-refractivity contribution in [2.45, 2.75) is 149 Å². The number of hydrogen-bond acceptors (Lipinski definition) is 8. The number of aliphatic hydroxyl groups excluding tert-OH is 2. The van der Waals surface area contributed by atoms with E-state index in [0.29, 0.717) is 25.8 Å². The number of carbonyl (C=O) groups excluding carboxylic acids is 5. The van der Waals surface area contributed by atoms with E-state index >= 15 is 0 Å². The predicted octanol–water partition coefficient (Wildman–Crippen LogP) is 2.63. The van der Waals surface area contributed by atoms with Gasteiger partial charge in [-0.3, -0.25) is 24.0 Å². The molecule has 1 saturated heterocycles. The second-order valence-electron chi connectivity index (χ2n) is 16.9. The number of rotatable bonds is 19. The molecule has 9 atom stereocenters. The molecule has 1 aliphatic rings. The first-order valence-electron chi connectivity index (χ1n) is 19.7. The van der Waals surface area contributed by atoms with Crippen molar-refractivity contribution in [3.05, 3.63) is 35.9 Å². The van der Waals surface area contributed by atoms with Crippen molar-refractivity contribution in [3.8, 4) is 0 Å². The zero-order valence-corrected chi connectivity index (χ0v) is 34.8. The lowest BCUT2D eigenvalue weighted by Gasteiger charge is -2.39. The second kappa shape index (κ2) is 20.9. The number of likely N-dealkylation sites (tertiary alicyclic amines) is 1. The normalized spacial score (nSPS) is 19.3. The largest absolute Gasteiger partial charge is 0.390 e. The molecule has 1 aromatic rings. The molecule has 1 unspecified atom stereocenters. The zero-order chi connectivity index (χ0) is 41.1. The molecule has 0 saturated carbocycles. The smallest absolute Gasteiger partial charge is 0.245 e. The summed E-state index contributed by atoms with van der Waals surface area (Å²) in [5, 5.41) is 34.9. The van der Waals surface area contributed by atoms with Gasteiger partial charge in [-0.25, -0.2) is 0 Å². The Hall–Kier alpha value is -3.55. The summed E-state index contributed by atoms with van der Waals surface area (Å²) in [6.45, 7) is 18.9. The van der Waals surface area contributed by atoms with Gasteiger partial charge in [0.1, 0.15) is 12.1 Å². The van der Waals surface area contributed by atoms with Crippen LogP contribution in [0.25, 0.3) is 0 Å². The van der Waals surface area contributed by atoms with Crippen molar-refractivity contribution in [3.63, 3.8) is 0 Å². The van der Waals surface area contributed by atoms with E-state index in [1.165, 1.54) is 9.80 Å². The van der Waals surface area contributed by atoms with Gasteiger partial charge in [0.05, 0.1) is 42.7 Å². The van der Waals surface area contributed by atoms with Gasteiger partial charge in [-0.1, -0.05) is 85.2 Å². The van der Waals surface area contributed by atoms with E-state index in [0.717, 1.165) is 5.56 Å². The number of amides is 5. The maximum Gasteiger partial charge on any atom is 0.245 e. The Balaban J connectivity index is 2.22. The first-order chi connectivity index (χ1) is 25.1. The quantitative estimate of drug-likeness (QED) is 0.125. The minimum Gasteiger partial charge on any atom is -0.390 e. The number of nitrogens with zero attached hydrogens (tertiary/aromatic N) is 2. The molecule has 13 heteroatoms. The van der Waals surface area contributed by atoms with Crippen molar-refractivity contribution in [1.82, 2.24) is 31.1 Å². The highest BCUT2D eigenvalue weighted by Crippen LogP contribution is 2.28. The van der Waals surface area contributed by atoms with E-state index in [-0.39, 0.29) is 54.2 Å². The minimum atomic E-state index is -1.23. The summed E-state index contributed by atoms with van der Waals surface area (Å²) in [5.74, 6) is -3.26. The van der Waals surface area contributed by atoms with Crippen molar-refractivity contribution >= 4 is 29.5 Å². The van der Waals surface area contributed by atoms with Gasteiger partial charge in [0, 0.05) is 25.6 Å². The SMILES string of the molecule is CC[C@H](C)[C@@H]([C@H](O)CC(=O)N1CCC[C@H]1[C@H](O)[C@@H](C)C(=O)NC(Cc1ccccc1)C(=O)NC(C)(C)C)N(C)C(=O)[C@@H](NC(=O)[C@@H](NC)C(C)C)C(C)C. The van der Waals surface area contributed by atoms with Crippen LogP contribution in [-0.2, 0) is 30.4 Å². The van der Waals surface area contributed by atoms with Crippen LogP contribution in [0.15, 0.2) is 30.3 Å². The number of nitrogens with one attached hydrogen (secondary N) is 4. The molecule has 0 bridgehead atoms. The van der Waals surface area contributed by atoms with E-state index in [9.17, 15) is 34.2 Å². The van der Waals surface area contributed by atoms with E-state index in [1.54, 1.807) is 21.0 Å². The van der Waals surface area contributed by atoms with Gasteiger partial charge in [-0.05, 0) is 64.0 Å². The highest BCUT2D eigenvalue weighted by atomic mass is 16.3. The number of aliphatic hydroxyl groups is 2. The molecule has 0 aliphatic carbocycles. The Morgan fingerprint density at radius 3 is 2.00 bits per heavy atom. The highest BCUT2D eigenvalue weighted by Gasteiger charge is 2.42. The minimum absolute atomic E-state index is 0.00173. The molecule has 54 heavy (non-hydrogen) atoms. The Kier molecular flexibility index (Phi) is 18.1. The molecule has 0 spiro atoms. The van der Waals surface area contributed by atoms with E-state index in [1.807, 2.05) is 92.6 Å². The fourth-order valence-corrected chi connectivity index (χ4v) is 7.33. The Bertz CT molecular complexity index is 1380. The number of hydrogen-bond donors (Lipinski definition) is 6. The van der Waals surface area contributed by atoms with Crippen molar-refractivity contribution in [2.75, 3.05) is 20.6 Å². The van der Waals surface area contributed by atoms with Crippen molar-refractivity contribution in [2.24, 2.45) is 23.7 Å². The summed E-state index contributed by atoms with van der Waals surface area (Å²) in [7, 11) is 3.30. The molecule has 1 fully saturated rings. The molecule has 0 radical (unpaired) electrons. The fourth-order valence-electron chi connectivity index (χ4n) is 7.33. The van der Waals surface area contributed by atoms with Crippen LogP contribution in [0, 0.1) is 23.7 Å². The van der Waals surface area contributed by atoms with Crippen LogP contribution in [0.1, 0.15) is 100 Å². The van der Waals surface area contributed by atoms with Crippen LogP contribution in [0.3, 0.4) is 0 Å². The summed E-state index contributed by atoms with van der Waals surface area (Å²) >= 11 is 0. The predicted molar refractivity (Wildman–Crippen MR) is 211 cm³/mol. The lowest BCUT2D eigenvalue weighted by molar-refractivity contribution is -0.146. The average molecular weight is 759 g/mol. The fraction of sp³-hybridized carbons (Fsp3) is 0.732. The molecule has 5 amide bonds. The third-order valence-electron chi connectivity index (χ3n) is 10.6. The molecule has 0 aromatic heterocycles. The number of benzene rings is 1. The highest BCUT2D eigenvalue weighted by molar-refractivity contribution is 5.91. The van der Waals surface area contributed by atoms with Crippen LogP contribution in [-0.4, -0.2) is 118 Å². The first kappa shape index (κ1) is 46.6. The molecular formula is C41H70N6O7. The molecule has 1 heterocycles. The zero-order valence-electron chi connectivity index (χ0n) is 34.8. The van der Waals surface area contributed by atoms with Gasteiger partial charge in [-0.2, -0.15) is 0 Å². The van der Waals surface area contributed by atoms with E-state index < -0.39 is 59.8 Å². The maximum atomic E-state index is 14.0. The van der Waals surface area contributed by atoms with E-state index in [2.05, 4.69) is 21.3 Å². The molecule has 1 aromatic carbocycles. The Morgan fingerprint density at radius 1 is 0.889 bits per heavy atom. The summed E-state index contributed by atoms with van der Waals surface area (Å²) < 4.78 is 0. The molecular weight excluding hydrogens is 688 g/mol. The Labute approximate surface area is 323 Å². The number of likely N-dealkylation sites (N-methyl/N-ethyl adjacent to an activating group) is 2. The maximum absolute atomic E-state index is 14.0. The monoisotopic (exact) mass is 759 g/mol. The standard InChI is InChI=1S/C41H70N6O7/c1-13-26(6)35(46(12)40(54)34(25(4)5)44-39(53)33(42-11)24(2)3)31(48)23-32(49)47-21-17-20-30(47)36(50)27(7)37(51)43-29(38(52)45-41(8,9)10)22-28-18-15-14-16-19-28/h14-16,18-19,24-27,29-31,33-36,42,48,50H,13,17,20-23H2,1-12H3,(H,43,51)(H,44,53)(H,45,52)/t26-,27+,29?,30-,31+,33-,34-,35-,36+/m0/s1. The van der Waals surface area contributed by atoms with Gasteiger partial charge in [-0.15, -0.1) is 0 Å². The van der Waals surface area contributed by atoms with Crippen LogP contribution in [0.5, 0.6) is 0 Å². The van der Waals surface area contributed by atoms with Gasteiger partial charge in [0.25, 0.3) is 0 Å². The summed E-state index contributed by atoms with van der Waals surface area (Å²) in [6.07, 6.45) is -0.801. The van der Waals surface area contributed by atoms with Gasteiger partial charge in [0.15, 0.2) is 0 Å². The third kappa shape index (κ3) is 13.0. The van der Waals surface area contributed by atoms with Crippen LogP contribution >= 0.6 is 0 Å². The first-order valence-corrected chi connectivity index (χ1v) is 19.7. The van der Waals surface area contributed by atoms with E-state index in [4.69, 9.17) is 0 Å². The van der Waals surface area contributed by atoms with Crippen LogP contribution < -0.4 is 21.3 Å². The summed E-state index contributed by atoms with van der Waals surface area (Å²) in [5.41, 5.74) is 0.343. The molecule has 6 N–H and O–H groups in total. The molecule has 13 nitrogen and oxygen atoms in total. The lowest BCUT2D eigenvalue weighted by Crippen LogP contribution is -2.59. The van der Waals surface area contributed by atoms with Gasteiger partial charge >= 0.3 is 0 Å².